The quantitative estimate of drug-likeness (QED) is 0.576. The maximum absolute atomic E-state index is 10.2. The summed E-state index contributed by atoms with van der Waals surface area (Å²) >= 11 is 6.38. The minimum absolute atomic E-state index is 0.418. The van der Waals surface area contributed by atoms with Crippen LogP contribution in [-0.2, 0) is 0 Å². The lowest BCUT2D eigenvalue weighted by Crippen LogP contribution is -1.85. The Morgan fingerprint density at radius 2 is 2.10 bits per heavy atom. The highest BCUT2D eigenvalue weighted by Gasteiger charge is 1.95. The molecule has 1 aromatic rings. The van der Waals surface area contributed by atoms with E-state index in [9.17, 15) is 4.79 Å². The van der Waals surface area contributed by atoms with E-state index in [0.717, 1.165) is 4.47 Å². The van der Waals surface area contributed by atoms with Crippen LogP contribution in [0.4, 0.5) is 0 Å². The van der Waals surface area contributed by atoms with Crippen molar-refractivity contribution < 1.29 is 4.79 Å². The standard InChI is InChI=1S/C6H3Br2NO/c7-4-1-5(3-10)9-6(8)2-4/h1-3H. The molecular formula is C6H3Br2NO. The molecule has 0 spiro atoms. The van der Waals surface area contributed by atoms with Gasteiger partial charge in [0, 0.05) is 4.47 Å². The first-order valence-electron chi connectivity index (χ1n) is 2.50. The van der Waals surface area contributed by atoms with Crippen LogP contribution in [0.2, 0.25) is 0 Å². The molecular weight excluding hydrogens is 262 g/mol. The fraction of sp³-hybridized carbons (Fsp3) is 0. The van der Waals surface area contributed by atoms with Gasteiger partial charge in [-0.3, -0.25) is 4.79 Å². The largest absolute Gasteiger partial charge is 0.296 e. The third-order valence-electron chi connectivity index (χ3n) is 0.899. The van der Waals surface area contributed by atoms with Gasteiger partial charge < -0.3 is 0 Å². The van der Waals surface area contributed by atoms with Crippen molar-refractivity contribution in [1.82, 2.24) is 4.98 Å². The van der Waals surface area contributed by atoms with Gasteiger partial charge in [-0.2, -0.15) is 0 Å². The van der Waals surface area contributed by atoms with E-state index < -0.39 is 0 Å². The van der Waals surface area contributed by atoms with Crippen LogP contribution in [0.15, 0.2) is 21.2 Å². The topological polar surface area (TPSA) is 30.0 Å². The van der Waals surface area contributed by atoms with Gasteiger partial charge in [0.05, 0.1) is 0 Å². The molecule has 0 aliphatic carbocycles. The molecule has 52 valence electrons. The Morgan fingerprint density at radius 3 is 2.60 bits per heavy atom. The highest BCUT2D eigenvalue weighted by molar-refractivity contribution is 9.11. The van der Waals surface area contributed by atoms with E-state index >= 15 is 0 Å². The second-order valence-electron chi connectivity index (χ2n) is 1.65. The summed E-state index contributed by atoms with van der Waals surface area (Å²) in [4.78, 5) is 14.1. The highest BCUT2D eigenvalue weighted by atomic mass is 79.9. The van der Waals surface area contributed by atoms with Crippen molar-refractivity contribution in [3.05, 3.63) is 26.9 Å². The van der Waals surface area contributed by atoms with E-state index in [1.54, 1.807) is 12.1 Å². The van der Waals surface area contributed by atoms with Gasteiger partial charge in [-0.1, -0.05) is 15.9 Å². The summed E-state index contributed by atoms with van der Waals surface area (Å²) in [5.74, 6) is 0. The Morgan fingerprint density at radius 1 is 1.40 bits per heavy atom. The molecule has 0 fully saturated rings. The predicted molar refractivity (Wildman–Crippen MR) is 45.0 cm³/mol. The lowest BCUT2D eigenvalue weighted by molar-refractivity contribution is 0.111. The summed E-state index contributed by atoms with van der Waals surface area (Å²) in [5.41, 5.74) is 0.418. The summed E-state index contributed by atoms with van der Waals surface area (Å²) < 4.78 is 1.50. The highest BCUT2D eigenvalue weighted by Crippen LogP contribution is 2.15. The van der Waals surface area contributed by atoms with Crippen LogP contribution in [0.25, 0.3) is 0 Å². The molecule has 0 aromatic carbocycles. The summed E-state index contributed by atoms with van der Waals surface area (Å²) in [5, 5.41) is 0. The first-order valence-corrected chi connectivity index (χ1v) is 4.09. The Hall–Kier alpha value is -0.220. The van der Waals surface area contributed by atoms with Gasteiger partial charge in [0.2, 0.25) is 0 Å². The van der Waals surface area contributed by atoms with E-state index in [0.29, 0.717) is 16.6 Å². The molecule has 4 heteroatoms. The fourth-order valence-electron chi connectivity index (χ4n) is 0.545. The van der Waals surface area contributed by atoms with Crippen LogP contribution in [0, 0.1) is 0 Å². The van der Waals surface area contributed by atoms with E-state index in [1.807, 2.05) is 0 Å². The minimum Gasteiger partial charge on any atom is -0.296 e. The average molecular weight is 265 g/mol. The minimum atomic E-state index is 0.418. The van der Waals surface area contributed by atoms with Crippen LogP contribution >= 0.6 is 31.9 Å². The lowest BCUT2D eigenvalue weighted by Gasteiger charge is -1.92. The van der Waals surface area contributed by atoms with Crippen molar-refractivity contribution >= 4 is 38.1 Å². The van der Waals surface area contributed by atoms with Gasteiger partial charge in [-0.15, -0.1) is 0 Å². The Balaban J connectivity index is 3.18. The number of rotatable bonds is 1. The second kappa shape index (κ2) is 3.25. The van der Waals surface area contributed by atoms with Crippen molar-refractivity contribution in [2.75, 3.05) is 0 Å². The Labute approximate surface area is 74.9 Å². The number of hydrogen-bond acceptors (Lipinski definition) is 2. The molecule has 2 nitrogen and oxygen atoms in total. The van der Waals surface area contributed by atoms with Crippen LogP contribution in [0.5, 0.6) is 0 Å². The van der Waals surface area contributed by atoms with E-state index in [-0.39, 0.29) is 0 Å². The zero-order valence-electron chi connectivity index (χ0n) is 4.84. The second-order valence-corrected chi connectivity index (χ2v) is 3.38. The number of carbonyl (C=O) groups excluding carboxylic acids is 1. The van der Waals surface area contributed by atoms with Gasteiger partial charge in [0.15, 0.2) is 6.29 Å². The third kappa shape index (κ3) is 1.88. The maximum atomic E-state index is 10.2. The number of aromatic nitrogens is 1. The van der Waals surface area contributed by atoms with Crippen molar-refractivity contribution in [3.63, 3.8) is 0 Å². The molecule has 0 radical (unpaired) electrons. The smallest absolute Gasteiger partial charge is 0.168 e. The van der Waals surface area contributed by atoms with E-state index in [4.69, 9.17) is 0 Å². The molecule has 0 unspecified atom stereocenters. The number of pyridine rings is 1. The average Bonchev–Trinajstić information content (AvgIpc) is 1.85. The van der Waals surface area contributed by atoms with Crippen molar-refractivity contribution in [2.45, 2.75) is 0 Å². The molecule has 0 N–H and O–H groups in total. The van der Waals surface area contributed by atoms with Gasteiger partial charge in [0.25, 0.3) is 0 Å². The van der Waals surface area contributed by atoms with Crippen LogP contribution < -0.4 is 0 Å². The SMILES string of the molecule is O=Cc1cc(Br)cc(Br)n1. The maximum Gasteiger partial charge on any atom is 0.168 e. The number of halogens is 2. The third-order valence-corrected chi connectivity index (χ3v) is 1.76. The number of carbonyl (C=O) groups is 1. The molecule has 0 saturated carbocycles. The lowest BCUT2D eigenvalue weighted by atomic mass is 10.4. The summed E-state index contributed by atoms with van der Waals surface area (Å²) in [6.07, 6.45) is 0.704. The van der Waals surface area contributed by atoms with Crippen LogP contribution in [0.1, 0.15) is 10.5 Å². The molecule has 0 atom stereocenters. The molecule has 0 aliphatic rings. The molecule has 0 saturated heterocycles. The zero-order valence-corrected chi connectivity index (χ0v) is 8.02. The Kier molecular flexibility index (Phi) is 2.56. The van der Waals surface area contributed by atoms with E-state index in [2.05, 4.69) is 36.8 Å². The molecule has 1 aromatic heterocycles. The van der Waals surface area contributed by atoms with Crippen LogP contribution in [-0.4, -0.2) is 11.3 Å². The van der Waals surface area contributed by atoms with Crippen molar-refractivity contribution in [2.24, 2.45) is 0 Å². The van der Waals surface area contributed by atoms with E-state index in [1.165, 1.54) is 0 Å². The number of aldehydes is 1. The first kappa shape index (κ1) is 7.88. The molecule has 10 heavy (non-hydrogen) atoms. The zero-order chi connectivity index (χ0) is 7.56. The summed E-state index contributed by atoms with van der Waals surface area (Å²) in [6, 6.07) is 3.42. The summed E-state index contributed by atoms with van der Waals surface area (Å²) in [6.45, 7) is 0. The van der Waals surface area contributed by atoms with Gasteiger partial charge >= 0.3 is 0 Å². The monoisotopic (exact) mass is 263 g/mol. The normalized spacial score (nSPS) is 9.40. The molecule has 1 heterocycles. The molecule has 0 bridgehead atoms. The fourth-order valence-corrected chi connectivity index (χ4v) is 1.75. The molecule has 0 aliphatic heterocycles. The first-order chi connectivity index (χ1) is 4.72. The molecule has 1 rings (SSSR count). The Bertz CT molecular complexity index is 242. The van der Waals surface area contributed by atoms with Crippen LogP contribution in [0.3, 0.4) is 0 Å². The van der Waals surface area contributed by atoms with Gasteiger partial charge in [0.1, 0.15) is 10.3 Å². The van der Waals surface area contributed by atoms with Crippen molar-refractivity contribution in [3.8, 4) is 0 Å². The number of hydrogen-bond donors (Lipinski definition) is 0. The van der Waals surface area contributed by atoms with Crippen molar-refractivity contribution in [1.29, 1.82) is 0 Å². The predicted octanol–water partition coefficient (Wildman–Crippen LogP) is 2.42. The number of nitrogens with zero attached hydrogens (tertiary/aromatic N) is 1. The van der Waals surface area contributed by atoms with Gasteiger partial charge in [-0.25, -0.2) is 4.98 Å². The van der Waals surface area contributed by atoms with Gasteiger partial charge in [-0.05, 0) is 28.1 Å². The molecule has 0 amide bonds. The summed E-state index contributed by atoms with van der Waals surface area (Å²) in [7, 11) is 0.